The van der Waals surface area contributed by atoms with Gasteiger partial charge in [-0.15, -0.1) is 0 Å². The number of hydrogen-bond donors (Lipinski definition) is 2. The minimum atomic E-state index is -0.0152. The third-order valence-electron chi connectivity index (χ3n) is 3.23. The molecule has 0 aliphatic carbocycles. The SMILES string of the molecule is CC(C)c1ccc(CC(NN)c2cnccn2)cc1. The van der Waals surface area contributed by atoms with Crippen LogP contribution in [0.25, 0.3) is 0 Å². The van der Waals surface area contributed by atoms with Gasteiger partial charge in [0.05, 0.1) is 17.9 Å². The fraction of sp³-hybridized carbons (Fsp3) is 0.333. The topological polar surface area (TPSA) is 63.8 Å². The van der Waals surface area contributed by atoms with Crippen LogP contribution >= 0.6 is 0 Å². The summed E-state index contributed by atoms with van der Waals surface area (Å²) in [5, 5.41) is 0. The van der Waals surface area contributed by atoms with E-state index in [2.05, 4.69) is 53.5 Å². The van der Waals surface area contributed by atoms with Crippen LogP contribution in [0, 0.1) is 0 Å². The molecule has 1 heterocycles. The minimum Gasteiger partial charge on any atom is -0.271 e. The van der Waals surface area contributed by atoms with Gasteiger partial charge in [0.15, 0.2) is 0 Å². The zero-order valence-corrected chi connectivity index (χ0v) is 11.4. The van der Waals surface area contributed by atoms with Crippen LogP contribution < -0.4 is 11.3 Å². The Morgan fingerprint density at radius 1 is 1.16 bits per heavy atom. The van der Waals surface area contributed by atoms with Crippen LogP contribution in [0.5, 0.6) is 0 Å². The number of aromatic nitrogens is 2. The molecule has 0 aliphatic heterocycles. The molecule has 0 aliphatic rings. The molecule has 0 amide bonds. The first-order chi connectivity index (χ1) is 9.20. The summed E-state index contributed by atoms with van der Waals surface area (Å²) >= 11 is 0. The lowest BCUT2D eigenvalue weighted by atomic mass is 9.98. The van der Waals surface area contributed by atoms with Gasteiger partial charge >= 0.3 is 0 Å². The monoisotopic (exact) mass is 256 g/mol. The molecule has 0 radical (unpaired) electrons. The second kappa shape index (κ2) is 6.41. The van der Waals surface area contributed by atoms with E-state index < -0.39 is 0 Å². The summed E-state index contributed by atoms with van der Waals surface area (Å²) in [7, 11) is 0. The van der Waals surface area contributed by atoms with Crippen molar-refractivity contribution in [3.63, 3.8) is 0 Å². The van der Waals surface area contributed by atoms with Gasteiger partial charge in [-0.25, -0.2) is 0 Å². The average Bonchev–Trinajstić information content (AvgIpc) is 2.46. The first-order valence-electron chi connectivity index (χ1n) is 6.51. The molecule has 0 fully saturated rings. The van der Waals surface area contributed by atoms with Gasteiger partial charge in [0, 0.05) is 12.4 Å². The van der Waals surface area contributed by atoms with Crippen LogP contribution in [-0.2, 0) is 6.42 Å². The highest BCUT2D eigenvalue weighted by Crippen LogP contribution is 2.18. The van der Waals surface area contributed by atoms with Crippen molar-refractivity contribution in [2.75, 3.05) is 0 Å². The van der Waals surface area contributed by atoms with E-state index in [1.807, 2.05) is 0 Å². The van der Waals surface area contributed by atoms with Crippen molar-refractivity contribution in [3.8, 4) is 0 Å². The molecule has 0 bridgehead atoms. The smallest absolute Gasteiger partial charge is 0.0772 e. The summed E-state index contributed by atoms with van der Waals surface area (Å²) < 4.78 is 0. The van der Waals surface area contributed by atoms with Gasteiger partial charge in [-0.1, -0.05) is 38.1 Å². The normalized spacial score (nSPS) is 12.6. The molecule has 1 aromatic heterocycles. The second-order valence-corrected chi connectivity index (χ2v) is 4.95. The zero-order chi connectivity index (χ0) is 13.7. The van der Waals surface area contributed by atoms with E-state index in [9.17, 15) is 0 Å². The van der Waals surface area contributed by atoms with E-state index in [-0.39, 0.29) is 6.04 Å². The van der Waals surface area contributed by atoms with Crippen molar-refractivity contribution < 1.29 is 0 Å². The number of hydrogen-bond acceptors (Lipinski definition) is 4. The van der Waals surface area contributed by atoms with E-state index in [1.54, 1.807) is 18.6 Å². The maximum atomic E-state index is 5.61. The Hall–Kier alpha value is -1.78. The van der Waals surface area contributed by atoms with E-state index in [0.29, 0.717) is 5.92 Å². The second-order valence-electron chi connectivity index (χ2n) is 4.95. The van der Waals surface area contributed by atoms with E-state index in [1.165, 1.54) is 11.1 Å². The molecule has 0 saturated heterocycles. The molecule has 0 spiro atoms. The molecular formula is C15H20N4. The first-order valence-corrected chi connectivity index (χ1v) is 6.51. The summed E-state index contributed by atoms with van der Waals surface area (Å²) in [5.74, 6) is 6.17. The minimum absolute atomic E-state index is 0.0152. The standard InChI is InChI=1S/C15H20N4/c1-11(2)13-5-3-12(4-6-13)9-14(19-16)15-10-17-7-8-18-15/h3-8,10-11,14,19H,9,16H2,1-2H3. The highest BCUT2D eigenvalue weighted by Gasteiger charge is 2.12. The maximum absolute atomic E-state index is 5.61. The van der Waals surface area contributed by atoms with Crippen molar-refractivity contribution in [1.82, 2.24) is 15.4 Å². The lowest BCUT2D eigenvalue weighted by molar-refractivity contribution is 0.536. The average molecular weight is 256 g/mol. The van der Waals surface area contributed by atoms with Crippen LogP contribution in [0.2, 0.25) is 0 Å². The molecule has 0 saturated carbocycles. The third-order valence-corrected chi connectivity index (χ3v) is 3.23. The number of nitrogens with zero attached hydrogens (tertiary/aromatic N) is 2. The molecule has 4 heteroatoms. The Balaban J connectivity index is 2.10. The fourth-order valence-electron chi connectivity index (χ4n) is 2.01. The Morgan fingerprint density at radius 2 is 1.89 bits per heavy atom. The van der Waals surface area contributed by atoms with E-state index >= 15 is 0 Å². The molecule has 2 rings (SSSR count). The van der Waals surface area contributed by atoms with Gasteiger partial charge in [0.1, 0.15) is 0 Å². The van der Waals surface area contributed by atoms with Gasteiger partial charge in [0.2, 0.25) is 0 Å². The lowest BCUT2D eigenvalue weighted by Gasteiger charge is -2.15. The van der Waals surface area contributed by atoms with Crippen LogP contribution in [-0.4, -0.2) is 9.97 Å². The van der Waals surface area contributed by atoms with Gasteiger partial charge < -0.3 is 0 Å². The van der Waals surface area contributed by atoms with E-state index in [4.69, 9.17) is 5.84 Å². The molecule has 100 valence electrons. The van der Waals surface area contributed by atoms with Gasteiger partial charge in [-0.05, 0) is 23.5 Å². The Bertz CT molecular complexity index is 493. The lowest BCUT2D eigenvalue weighted by Crippen LogP contribution is -2.30. The predicted octanol–water partition coefficient (Wildman–Crippen LogP) is 2.35. The highest BCUT2D eigenvalue weighted by atomic mass is 15.2. The van der Waals surface area contributed by atoms with Crippen molar-refractivity contribution >= 4 is 0 Å². The Kier molecular flexibility index (Phi) is 4.60. The molecule has 19 heavy (non-hydrogen) atoms. The summed E-state index contributed by atoms with van der Waals surface area (Å²) in [6, 6.07) is 8.62. The van der Waals surface area contributed by atoms with Crippen LogP contribution in [0.3, 0.4) is 0 Å². The van der Waals surface area contributed by atoms with Crippen LogP contribution in [0.1, 0.15) is 42.6 Å². The fourth-order valence-corrected chi connectivity index (χ4v) is 2.01. The zero-order valence-electron chi connectivity index (χ0n) is 11.4. The first kappa shape index (κ1) is 13.6. The maximum Gasteiger partial charge on any atom is 0.0772 e. The summed E-state index contributed by atoms with van der Waals surface area (Å²) in [5.41, 5.74) is 6.24. The Labute approximate surface area is 114 Å². The van der Waals surface area contributed by atoms with Crippen LogP contribution in [0.15, 0.2) is 42.9 Å². The molecule has 1 aromatic carbocycles. The van der Waals surface area contributed by atoms with E-state index in [0.717, 1.165) is 12.1 Å². The largest absolute Gasteiger partial charge is 0.271 e. The number of hydrazine groups is 1. The number of nitrogens with two attached hydrogens (primary N) is 1. The van der Waals surface area contributed by atoms with Gasteiger partial charge in [-0.3, -0.25) is 21.2 Å². The quantitative estimate of drug-likeness (QED) is 0.636. The number of benzene rings is 1. The summed E-state index contributed by atoms with van der Waals surface area (Å²) in [6.07, 6.45) is 5.89. The molecule has 1 atom stereocenters. The Morgan fingerprint density at radius 3 is 2.42 bits per heavy atom. The third kappa shape index (κ3) is 3.59. The predicted molar refractivity (Wildman–Crippen MR) is 76.3 cm³/mol. The number of nitrogens with one attached hydrogen (secondary N) is 1. The van der Waals surface area contributed by atoms with Gasteiger partial charge in [-0.2, -0.15) is 0 Å². The summed E-state index contributed by atoms with van der Waals surface area (Å²) in [6.45, 7) is 4.39. The molecule has 1 unspecified atom stereocenters. The van der Waals surface area contributed by atoms with Crippen molar-refractivity contribution in [1.29, 1.82) is 0 Å². The van der Waals surface area contributed by atoms with Crippen LogP contribution in [0.4, 0.5) is 0 Å². The molecule has 4 nitrogen and oxygen atoms in total. The molecule has 3 N–H and O–H groups in total. The number of rotatable bonds is 5. The molecular weight excluding hydrogens is 236 g/mol. The summed E-state index contributed by atoms with van der Waals surface area (Å²) in [4.78, 5) is 8.36. The highest BCUT2D eigenvalue weighted by molar-refractivity contribution is 5.26. The van der Waals surface area contributed by atoms with Crippen molar-refractivity contribution in [2.45, 2.75) is 32.2 Å². The van der Waals surface area contributed by atoms with Crippen molar-refractivity contribution in [3.05, 3.63) is 59.7 Å². The van der Waals surface area contributed by atoms with Crippen molar-refractivity contribution in [2.24, 2.45) is 5.84 Å². The molecule has 2 aromatic rings. The van der Waals surface area contributed by atoms with Gasteiger partial charge in [0.25, 0.3) is 0 Å².